The van der Waals surface area contributed by atoms with E-state index in [1.165, 1.54) is 51.1 Å². The first-order valence-electron chi connectivity index (χ1n) is 10.6. The molecule has 3 aliphatic rings. The first kappa shape index (κ1) is 18.7. The molecule has 1 heterocycles. The Morgan fingerprint density at radius 1 is 1.12 bits per heavy atom. The highest BCUT2D eigenvalue weighted by atomic mass is 31.1. The maximum absolute atomic E-state index is 2.66. The predicted octanol–water partition coefficient (Wildman–Crippen LogP) is 7.41. The van der Waals surface area contributed by atoms with E-state index in [0.717, 1.165) is 32.3 Å². The van der Waals surface area contributed by atoms with Gasteiger partial charge in [0.25, 0.3) is 0 Å². The van der Waals surface area contributed by atoms with E-state index in [-0.39, 0.29) is 0 Å². The van der Waals surface area contributed by atoms with Gasteiger partial charge in [0, 0.05) is 0 Å². The van der Waals surface area contributed by atoms with Gasteiger partial charge in [-0.05, 0) is 78.3 Å². The minimum absolute atomic E-state index is 0.357. The summed E-state index contributed by atoms with van der Waals surface area (Å²) in [7, 11) is 1.02. The van der Waals surface area contributed by atoms with Gasteiger partial charge in [-0.2, -0.15) is 0 Å². The van der Waals surface area contributed by atoms with Crippen molar-refractivity contribution < 1.29 is 0 Å². The van der Waals surface area contributed by atoms with Crippen LogP contribution in [0.5, 0.6) is 0 Å². The summed E-state index contributed by atoms with van der Waals surface area (Å²) in [5.74, 6) is 6.46. The molecule has 3 rings (SSSR count). The van der Waals surface area contributed by atoms with Crippen molar-refractivity contribution >= 4 is 8.58 Å². The van der Waals surface area contributed by atoms with Crippen molar-refractivity contribution in [2.45, 2.75) is 79.6 Å². The topological polar surface area (TPSA) is 0 Å². The number of fused-ring (bicyclic) bond motifs is 2. The molecule has 0 amide bonds. The van der Waals surface area contributed by atoms with Crippen LogP contribution in [0.3, 0.4) is 0 Å². The van der Waals surface area contributed by atoms with E-state index in [1.54, 1.807) is 5.57 Å². The van der Waals surface area contributed by atoms with E-state index in [4.69, 9.17) is 0 Å². The lowest BCUT2D eigenvalue weighted by molar-refractivity contribution is 0.0202. The maximum atomic E-state index is 2.66. The molecule has 136 valence electrons. The van der Waals surface area contributed by atoms with Crippen LogP contribution >= 0.6 is 8.58 Å². The minimum Gasteiger partial charge on any atom is -0.0981 e. The van der Waals surface area contributed by atoms with Gasteiger partial charge in [0.15, 0.2) is 0 Å². The number of hydrogen-bond donors (Lipinski definition) is 0. The number of rotatable bonds is 5. The Labute approximate surface area is 152 Å². The van der Waals surface area contributed by atoms with Gasteiger partial charge >= 0.3 is 0 Å². The Morgan fingerprint density at radius 2 is 1.75 bits per heavy atom. The Kier molecular flexibility index (Phi) is 5.66. The van der Waals surface area contributed by atoms with E-state index in [1.807, 2.05) is 0 Å². The van der Waals surface area contributed by atoms with Gasteiger partial charge in [0.2, 0.25) is 0 Å². The third-order valence-electron chi connectivity index (χ3n) is 8.44. The summed E-state index contributed by atoms with van der Waals surface area (Å²) in [6, 6.07) is 0. The molecule has 2 aliphatic carbocycles. The molecule has 6 atom stereocenters. The minimum atomic E-state index is 0.357. The summed E-state index contributed by atoms with van der Waals surface area (Å²) in [6.45, 7) is 12.6. The molecule has 0 spiro atoms. The van der Waals surface area contributed by atoms with Crippen LogP contribution in [0.1, 0.15) is 79.6 Å². The smallest absolute Gasteiger partial charge is 0.00271 e. The summed E-state index contributed by atoms with van der Waals surface area (Å²) in [5, 5.41) is 0. The van der Waals surface area contributed by atoms with Crippen LogP contribution in [0.2, 0.25) is 0 Å². The molecule has 0 radical (unpaired) electrons. The highest BCUT2D eigenvalue weighted by Crippen LogP contribution is 2.65. The van der Waals surface area contributed by atoms with Gasteiger partial charge in [0.1, 0.15) is 0 Å². The molecule has 2 saturated carbocycles. The summed E-state index contributed by atoms with van der Waals surface area (Å²) in [6.07, 6.45) is 16.3. The molecule has 0 saturated heterocycles. The quantitative estimate of drug-likeness (QED) is 0.454. The zero-order chi connectivity index (χ0) is 17.4. The van der Waals surface area contributed by atoms with Gasteiger partial charge in [-0.25, -0.2) is 0 Å². The van der Waals surface area contributed by atoms with Gasteiger partial charge < -0.3 is 0 Å². The lowest BCUT2D eigenvalue weighted by atomic mass is 9.52. The normalized spacial score (nSPS) is 42.6. The first-order valence-corrected chi connectivity index (χ1v) is 11.9. The van der Waals surface area contributed by atoms with Crippen LogP contribution in [-0.4, -0.2) is 6.16 Å². The summed E-state index contributed by atoms with van der Waals surface area (Å²) in [5.41, 5.74) is 2.51. The second-order valence-corrected chi connectivity index (χ2v) is 10.5. The molecule has 0 nitrogen and oxygen atoms in total. The van der Waals surface area contributed by atoms with Crippen molar-refractivity contribution in [3.63, 3.8) is 0 Å². The second-order valence-electron chi connectivity index (χ2n) is 9.29. The van der Waals surface area contributed by atoms with E-state index in [0.29, 0.717) is 10.8 Å². The number of allylic oxidation sites excluding steroid dienone is 3. The summed E-state index contributed by atoms with van der Waals surface area (Å²) >= 11 is 0. The molecule has 0 N–H and O–H groups in total. The fourth-order valence-corrected chi connectivity index (χ4v) is 7.65. The van der Waals surface area contributed by atoms with Gasteiger partial charge in [-0.3, -0.25) is 0 Å². The van der Waals surface area contributed by atoms with Crippen LogP contribution in [-0.2, 0) is 0 Å². The molecule has 0 aromatic rings. The Morgan fingerprint density at radius 3 is 2.29 bits per heavy atom. The van der Waals surface area contributed by atoms with Gasteiger partial charge in [0.05, 0.1) is 0 Å². The molecule has 1 heteroatoms. The molecule has 2 bridgehead atoms. The second kappa shape index (κ2) is 7.26. The van der Waals surface area contributed by atoms with Crippen LogP contribution in [0.15, 0.2) is 23.5 Å². The molecule has 0 aromatic heterocycles. The third kappa shape index (κ3) is 2.96. The molecule has 6 unspecified atom stereocenters. The SMILES string of the molecule is CCC1C2CC(CC(C)(C(C)(CC)C3=CCCPC=C3)C2)C1CC. The molecule has 0 aromatic carbocycles. The Bertz CT molecular complexity index is 484. The highest BCUT2D eigenvalue weighted by molar-refractivity contribution is 7.41. The average Bonchev–Trinajstić information content (AvgIpc) is 2.77. The lowest BCUT2D eigenvalue weighted by Crippen LogP contribution is -2.43. The zero-order valence-electron chi connectivity index (χ0n) is 16.7. The van der Waals surface area contributed by atoms with Crippen molar-refractivity contribution in [1.29, 1.82) is 0 Å². The largest absolute Gasteiger partial charge is 0.0981 e. The predicted molar refractivity (Wildman–Crippen MR) is 110 cm³/mol. The van der Waals surface area contributed by atoms with Gasteiger partial charge in [-0.15, -0.1) is 0 Å². The van der Waals surface area contributed by atoms with Crippen LogP contribution in [0, 0.1) is 34.5 Å². The maximum Gasteiger partial charge on any atom is -0.00271 e. The molecular formula is C23H39P. The average molecular weight is 347 g/mol. The van der Waals surface area contributed by atoms with E-state index < -0.39 is 0 Å². The van der Waals surface area contributed by atoms with Crippen LogP contribution < -0.4 is 0 Å². The van der Waals surface area contributed by atoms with Crippen molar-refractivity contribution in [2.75, 3.05) is 6.16 Å². The standard InChI is InChI=1S/C23H39P/c1-6-20-17-14-18(21(20)7-2)16-22(4,15-17)23(5,8-3)19-10-9-12-24-13-11-19/h10-11,13,17-18,20-21,24H,6-9,12,14-16H2,1-5H3. The monoisotopic (exact) mass is 346 g/mol. The van der Waals surface area contributed by atoms with Gasteiger partial charge in [-0.1, -0.05) is 74.0 Å². The van der Waals surface area contributed by atoms with Crippen molar-refractivity contribution in [1.82, 2.24) is 0 Å². The Hall–Kier alpha value is -0.0900. The van der Waals surface area contributed by atoms with Crippen molar-refractivity contribution in [2.24, 2.45) is 34.5 Å². The molecule has 1 aliphatic heterocycles. The van der Waals surface area contributed by atoms with Crippen molar-refractivity contribution in [3.8, 4) is 0 Å². The van der Waals surface area contributed by atoms with Crippen LogP contribution in [0.25, 0.3) is 0 Å². The molecule has 2 fully saturated rings. The summed E-state index contributed by atoms with van der Waals surface area (Å²) < 4.78 is 0. The molecular weight excluding hydrogens is 307 g/mol. The zero-order valence-corrected chi connectivity index (χ0v) is 17.7. The third-order valence-corrected chi connectivity index (χ3v) is 9.42. The fourth-order valence-electron chi connectivity index (χ4n) is 6.87. The first-order chi connectivity index (χ1) is 11.5. The van der Waals surface area contributed by atoms with E-state index in [9.17, 15) is 0 Å². The highest BCUT2D eigenvalue weighted by Gasteiger charge is 2.55. The fraction of sp³-hybridized carbons (Fsp3) is 0.826. The van der Waals surface area contributed by atoms with Crippen molar-refractivity contribution in [3.05, 3.63) is 23.5 Å². The Balaban J connectivity index is 1.93. The number of hydrogen-bond acceptors (Lipinski definition) is 0. The van der Waals surface area contributed by atoms with E-state index >= 15 is 0 Å². The molecule has 24 heavy (non-hydrogen) atoms. The van der Waals surface area contributed by atoms with Crippen LogP contribution in [0.4, 0.5) is 0 Å². The lowest BCUT2D eigenvalue weighted by Gasteiger charge is -2.52. The van der Waals surface area contributed by atoms with E-state index in [2.05, 4.69) is 52.6 Å². The summed E-state index contributed by atoms with van der Waals surface area (Å²) in [4.78, 5) is 0.